The van der Waals surface area contributed by atoms with Crippen LogP contribution in [0.1, 0.15) is 11.1 Å². The molecular formula is C18H16O4. The molecule has 0 radical (unpaired) electrons. The summed E-state index contributed by atoms with van der Waals surface area (Å²) in [7, 11) is 1.58. The Labute approximate surface area is 127 Å². The van der Waals surface area contributed by atoms with Gasteiger partial charge in [-0.15, -0.1) is 0 Å². The molecule has 22 heavy (non-hydrogen) atoms. The molecule has 3 rings (SSSR count). The molecule has 0 fully saturated rings. The fraction of sp³-hybridized carbons (Fsp3) is 0.167. The van der Waals surface area contributed by atoms with Gasteiger partial charge < -0.3 is 14.3 Å². The molecule has 4 heteroatoms. The normalized spacial score (nSPS) is 10.9. The highest BCUT2D eigenvalue weighted by atomic mass is 16.5. The predicted molar refractivity (Wildman–Crippen MR) is 85.6 cm³/mol. The molecule has 1 heterocycles. The maximum atomic E-state index is 12.4. The Morgan fingerprint density at radius 2 is 1.68 bits per heavy atom. The zero-order valence-electron chi connectivity index (χ0n) is 12.6. The van der Waals surface area contributed by atoms with Crippen LogP contribution in [0.15, 0.2) is 45.6 Å². The van der Waals surface area contributed by atoms with Gasteiger partial charge >= 0.3 is 0 Å². The standard InChI is InChI=1S/C18H16O4/c1-10-8-14-15(9-11(10)2)22-18(17(20)16(14)19)12-4-6-13(21-3)7-5-12/h4-9,20H,1-3H3. The Kier molecular flexibility index (Phi) is 3.37. The zero-order chi connectivity index (χ0) is 15.9. The van der Waals surface area contributed by atoms with E-state index in [9.17, 15) is 9.90 Å². The number of aromatic hydroxyl groups is 1. The van der Waals surface area contributed by atoms with Gasteiger partial charge in [0.15, 0.2) is 5.76 Å². The topological polar surface area (TPSA) is 59.7 Å². The first-order chi connectivity index (χ1) is 10.5. The van der Waals surface area contributed by atoms with Gasteiger partial charge in [-0.05, 0) is 61.4 Å². The van der Waals surface area contributed by atoms with Crippen molar-refractivity contribution in [3.8, 4) is 22.8 Å². The lowest BCUT2D eigenvalue weighted by Gasteiger charge is -2.08. The largest absolute Gasteiger partial charge is 0.502 e. The summed E-state index contributed by atoms with van der Waals surface area (Å²) in [4.78, 5) is 12.4. The van der Waals surface area contributed by atoms with Crippen LogP contribution in [0.25, 0.3) is 22.3 Å². The quantitative estimate of drug-likeness (QED) is 0.781. The van der Waals surface area contributed by atoms with E-state index in [1.807, 2.05) is 19.9 Å². The monoisotopic (exact) mass is 296 g/mol. The lowest BCUT2D eigenvalue weighted by molar-refractivity contribution is 0.414. The molecule has 0 aliphatic rings. The third-order valence-corrected chi connectivity index (χ3v) is 3.83. The summed E-state index contributed by atoms with van der Waals surface area (Å²) in [6.45, 7) is 3.87. The first-order valence-corrected chi connectivity index (χ1v) is 6.92. The first-order valence-electron chi connectivity index (χ1n) is 6.92. The van der Waals surface area contributed by atoms with E-state index in [1.54, 1.807) is 37.4 Å². The van der Waals surface area contributed by atoms with E-state index in [4.69, 9.17) is 9.15 Å². The van der Waals surface area contributed by atoms with Crippen molar-refractivity contribution in [2.24, 2.45) is 0 Å². The second kappa shape index (κ2) is 5.22. The van der Waals surface area contributed by atoms with Gasteiger partial charge in [-0.1, -0.05) is 0 Å². The van der Waals surface area contributed by atoms with Crippen molar-refractivity contribution in [2.75, 3.05) is 7.11 Å². The summed E-state index contributed by atoms with van der Waals surface area (Å²) >= 11 is 0. The van der Waals surface area contributed by atoms with Crippen molar-refractivity contribution in [1.82, 2.24) is 0 Å². The lowest BCUT2D eigenvalue weighted by atomic mass is 10.0. The number of methoxy groups -OCH3 is 1. The van der Waals surface area contributed by atoms with E-state index >= 15 is 0 Å². The van der Waals surface area contributed by atoms with Crippen LogP contribution in [0, 0.1) is 13.8 Å². The van der Waals surface area contributed by atoms with Crippen LogP contribution in [0.2, 0.25) is 0 Å². The molecule has 0 aliphatic carbocycles. The van der Waals surface area contributed by atoms with Crippen LogP contribution in [-0.2, 0) is 0 Å². The molecule has 0 atom stereocenters. The van der Waals surface area contributed by atoms with Crippen LogP contribution in [0.4, 0.5) is 0 Å². The highest BCUT2D eigenvalue weighted by molar-refractivity contribution is 5.83. The Hall–Kier alpha value is -2.75. The fourth-order valence-electron chi connectivity index (χ4n) is 2.38. The van der Waals surface area contributed by atoms with Crippen LogP contribution < -0.4 is 10.2 Å². The summed E-state index contributed by atoms with van der Waals surface area (Å²) in [6.07, 6.45) is 0. The van der Waals surface area contributed by atoms with Crippen molar-refractivity contribution in [2.45, 2.75) is 13.8 Å². The van der Waals surface area contributed by atoms with E-state index in [1.165, 1.54) is 0 Å². The van der Waals surface area contributed by atoms with Crippen LogP contribution in [0.5, 0.6) is 11.5 Å². The summed E-state index contributed by atoms with van der Waals surface area (Å²) in [6, 6.07) is 10.5. The number of aryl methyl sites for hydroxylation is 2. The van der Waals surface area contributed by atoms with Crippen molar-refractivity contribution in [1.29, 1.82) is 0 Å². The summed E-state index contributed by atoms with van der Waals surface area (Å²) in [5.41, 5.74) is 2.68. The molecule has 0 spiro atoms. The molecule has 3 aromatic rings. The molecule has 112 valence electrons. The number of fused-ring (bicyclic) bond motifs is 1. The van der Waals surface area contributed by atoms with Gasteiger partial charge in [0, 0.05) is 5.56 Å². The number of rotatable bonds is 2. The van der Waals surface area contributed by atoms with Gasteiger partial charge in [-0.2, -0.15) is 0 Å². The van der Waals surface area contributed by atoms with Crippen LogP contribution in [-0.4, -0.2) is 12.2 Å². The second-order valence-electron chi connectivity index (χ2n) is 5.27. The third kappa shape index (κ3) is 2.22. The molecule has 0 saturated heterocycles. The molecule has 4 nitrogen and oxygen atoms in total. The molecule has 0 unspecified atom stereocenters. The Morgan fingerprint density at radius 3 is 2.32 bits per heavy atom. The predicted octanol–water partition coefficient (Wildman–Crippen LogP) is 3.79. The smallest absolute Gasteiger partial charge is 0.235 e. The van der Waals surface area contributed by atoms with E-state index < -0.39 is 5.43 Å². The van der Waals surface area contributed by atoms with Gasteiger partial charge in [-0.3, -0.25) is 4.79 Å². The van der Waals surface area contributed by atoms with Gasteiger partial charge in [0.2, 0.25) is 11.2 Å². The lowest BCUT2D eigenvalue weighted by Crippen LogP contribution is -2.03. The number of hydrogen-bond acceptors (Lipinski definition) is 4. The maximum absolute atomic E-state index is 12.4. The van der Waals surface area contributed by atoms with Gasteiger partial charge in [0.25, 0.3) is 0 Å². The molecule has 0 saturated carbocycles. The third-order valence-electron chi connectivity index (χ3n) is 3.83. The molecule has 2 aromatic carbocycles. The molecule has 0 amide bonds. The van der Waals surface area contributed by atoms with Crippen molar-refractivity contribution in [3.63, 3.8) is 0 Å². The highest BCUT2D eigenvalue weighted by Crippen LogP contribution is 2.31. The molecule has 1 N–H and O–H groups in total. The van der Waals surface area contributed by atoms with Gasteiger partial charge in [-0.25, -0.2) is 0 Å². The number of hydrogen-bond donors (Lipinski definition) is 1. The molecule has 1 aromatic heterocycles. The van der Waals surface area contributed by atoms with Crippen LogP contribution >= 0.6 is 0 Å². The summed E-state index contributed by atoms with van der Waals surface area (Å²) in [5.74, 6) is 0.488. The fourth-order valence-corrected chi connectivity index (χ4v) is 2.38. The summed E-state index contributed by atoms with van der Waals surface area (Å²) in [5, 5.41) is 10.6. The van der Waals surface area contributed by atoms with Gasteiger partial charge in [0.1, 0.15) is 11.3 Å². The maximum Gasteiger partial charge on any atom is 0.235 e. The molecule has 0 bridgehead atoms. The Morgan fingerprint density at radius 1 is 1.05 bits per heavy atom. The van der Waals surface area contributed by atoms with Crippen molar-refractivity contribution >= 4 is 11.0 Å². The molecular weight excluding hydrogens is 280 g/mol. The van der Waals surface area contributed by atoms with E-state index in [2.05, 4.69) is 0 Å². The molecule has 0 aliphatic heterocycles. The Bertz CT molecular complexity index is 905. The average Bonchev–Trinajstić information content (AvgIpc) is 2.53. The minimum absolute atomic E-state index is 0.170. The van der Waals surface area contributed by atoms with Crippen molar-refractivity contribution < 1.29 is 14.3 Å². The minimum Gasteiger partial charge on any atom is -0.502 e. The van der Waals surface area contributed by atoms with Crippen LogP contribution in [0.3, 0.4) is 0 Å². The van der Waals surface area contributed by atoms with Crippen molar-refractivity contribution in [3.05, 3.63) is 57.7 Å². The van der Waals surface area contributed by atoms with E-state index in [0.29, 0.717) is 22.3 Å². The highest BCUT2D eigenvalue weighted by Gasteiger charge is 2.16. The van der Waals surface area contributed by atoms with Gasteiger partial charge in [0.05, 0.1) is 12.5 Å². The SMILES string of the molecule is COc1ccc(-c2oc3cc(C)c(C)cc3c(=O)c2O)cc1. The average molecular weight is 296 g/mol. The van der Waals surface area contributed by atoms with E-state index in [-0.39, 0.29) is 11.5 Å². The summed E-state index contributed by atoms with van der Waals surface area (Å²) < 4.78 is 10.9. The number of benzene rings is 2. The number of ether oxygens (including phenoxy) is 1. The second-order valence-corrected chi connectivity index (χ2v) is 5.27. The van der Waals surface area contributed by atoms with E-state index in [0.717, 1.165) is 11.1 Å². The minimum atomic E-state index is -0.421. The Balaban J connectivity index is 2.27. The first kappa shape index (κ1) is 14.2. The zero-order valence-corrected chi connectivity index (χ0v) is 12.6.